The van der Waals surface area contributed by atoms with Crippen molar-refractivity contribution in [2.75, 3.05) is 6.61 Å². The molecule has 0 aliphatic rings. The number of carbonyl (C=O) groups excluding carboxylic acids is 1. The number of carboxylic acid groups (broad SMARTS) is 1. The Kier molecular flexibility index (Phi) is 23.5. The lowest BCUT2D eigenvalue weighted by Crippen LogP contribution is -2.14. The molecule has 4 heteroatoms. The molecule has 180 valence electrons. The molecule has 1 N–H and O–H groups in total. The second kappa shape index (κ2) is 22.6. The fraction of sp³-hybridized carbons (Fsp3) is 0.923. The van der Waals surface area contributed by atoms with Gasteiger partial charge in [0, 0.05) is 6.42 Å². The molecular formula is C26H52O4. The third-order valence-corrected chi connectivity index (χ3v) is 5.29. The quantitative estimate of drug-likeness (QED) is 0.177. The van der Waals surface area contributed by atoms with E-state index in [1.807, 2.05) is 0 Å². The van der Waals surface area contributed by atoms with Crippen molar-refractivity contribution in [2.24, 2.45) is 17.8 Å². The molecule has 30 heavy (non-hydrogen) atoms. The molecule has 0 heterocycles. The van der Waals surface area contributed by atoms with Crippen LogP contribution in [0.5, 0.6) is 0 Å². The van der Waals surface area contributed by atoms with Crippen LogP contribution in [0, 0.1) is 17.8 Å². The summed E-state index contributed by atoms with van der Waals surface area (Å²) in [7, 11) is 0. The van der Waals surface area contributed by atoms with Gasteiger partial charge >= 0.3 is 11.9 Å². The first kappa shape index (κ1) is 31.1. The molecule has 0 radical (unpaired) electrons. The van der Waals surface area contributed by atoms with E-state index in [1.54, 1.807) is 0 Å². The highest BCUT2D eigenvalue weighted by atomic mass is 16.5. The first-order chi connectivity index (χ1) is 14.2. The van der Waals surface area contributed by atoms with Gasteiger partial charge in [0.25, 0.3) is 0 Å². The average Bonchev–Trinajstić information content (AvgIpc) is 2.67. The number of esters is 1. The highest BCUT2D eigenvalue weighted by Gasteiger charge is 2.16. The van der Waals surface area contributed by atoms with E-state index in [1.165, 1.54) is 38.5 Å². The van der Waals surface area contributed by atoms with Gasteiger partial charge in [0.05, 0.1) is 12.5 Å². The third kappa shape index (κ3) is 25.0. The normalized spacial score (nSPS) is 11.9. The lowest BCUT2D eigenvalue weighted by molar-refractivity contribution is -0.144. The second-order valence-corrected chi connectivity index (χ2v) is 9.42. The van der Waals surface area contributed by atoms with Gasteiger partial charge in [0.15, 0.2) is 0 Å². The summed E-state index contributed by atoms with van der Waals surface area (Å²) < 4.78 is 5.12. The van der Waals surface area contributed by atoms with Gasteiger partial charge in [-0.05, 0) is 37.5 Å². The predicted molar refractivity (Wildman–Crippen MR) is 128 cm³/mol. The molecule has 0 saturated heterocycles. The summed E-state index contributed by atoms with van der Waals surface area (Å²) in [5, 5.41) is 9.04. The molecule has 1 unspecified atom stereocenters. The molecule has 0 spiro atoms. The maximum Gasteiger partial charge on any atom is 0.306 e. The van der Waals surface area contributed by atoms with Gasteiger partial charge in [-0.25, -0.2) is 0 Å². The van der Waals surface area contributed by atoms with Crippen LogP contribution in [0.2, 0.25) is 0 Å². The maximum absolute atomic E-state index is 11.2. The SMILES string of the molecule is CCCCCCC(CCC(C)C)C(=O)O.CCCCCCCC(=O)OCCC(C)C. The van der Waals surface area contributed by atoms with Crippen molar-refractivity contribution in [2.45, 2.75) is 131 Å². The van der Waals surface area contributed by atoms with E-state index >= 15 is 0 Å². The number of hydrogen-bond donors (Lipinski definition) is 1. The van der Waals surface area contributed by atoms with Crippen LogP contribution in [0.3, 0.4) is 0 Å². The molecule has 4 nitrogen and oxygen atoms in total. The standard InChI is InChI=1S/2C13H26O2/c1-4-5-6-7-8-12(13(14)15)10-9-11(2)3;1-4-5-6-7-8-9-13(14)15-11-10-12(2)3/h11-12H,4-10H2,1-3H3,(H,14,15);12H,4-11H2,1-3H3. The van der Waals surface area contributed by atoms with E-state index in [9.17, 15) is 9.59 Å². The first-order valence-corrected chi connectivity index (χ1v) is 12.6. The zero-order chi connectivity index (χ0) is 23.2. The molecule has 1 atom stereocenters. The summed E-state index contributed by atoms with van der Waals surface area (Å²) in [6, 6.07) is 0. The molecular weight excluding hydrogens is 376 g/mol. The van der Waals surface area contributed by atoms with E-state index in [0.717, 1.165) is 44.9 Å². The second-order valence-electron chi connectivity index (χ2n) is 9.42. The van der Waals surface area contributed by atoms with E-state index < -0.39 is 5.97 Å². The summed E-state index contributed by atoms with van der Waals surface area (Å²) in [6.07, 6.45) is 14.9. The Morgan fingerprint density at radius 1 is 0.700 bits per heavy atom. The third-order valence-electron chi connectivity index (χ3n) is 5.29. The molecule has 0 aromatic heterocycles. The van der Waals surface area contributed by atoms with Crippen molar-refractivity contribution in [3.63, 3.8) is 0 Å². The molecule has 0 amide bonds. The van der Waals surface area contributed by atoms with Crippen LogP contribution in [-0.4, -0.2) is 23.7 Å². The topological polar surface area (TPSA) is 63.6 Å². The van der Waals surface area contributed by atoms with Crippen LogP contribution in [0.15, 0.2) is 0 Å². The van der Waals surface area contributed by atoms with Gasteiger partial charge in [-0.1, -0.05) is 99.3 Å². The Hall–Kier alpha value is -1.06. The van der Waals surface area contributed by atoms with Gasteiger partial charge in [-0.3, -0.25) is 9.59 Å². The van der Waals surface area contributed by atoms with Crippen molar-refractivity contribution in [3.05, 3.63) is 0 Å². The summed E-state index contributed by atoms with van der Waals surface area (Å²) in [4.78, 5) is 22.2. The highest BCUT2D eigenvalue weighted by Crippen LogP contribution is 2.19. The Morgan fingerprint density at radius 3 is 1.73 bits per heavy atom. The minimum absolute atomic E-state index is 0.0212. The summed E-state index contributed by atoms with van der Waals surface area (Å²) >= 11 is 0. The van der Waals surface area contributed by atoms with Crippen molar-refractivity contribution in [3.8, 4) is 0 Å². The Bertz CT molecular complexity index is 388. The lowest BCUT2D eigenvalue weighted by Gasteiger charge is -2.13. The van der Waals surface area contributed by atoms with Gasteiger partial charge in [-0.15, -0.1) is 0 Å². The number of carboxylic acids is 1. The van der Waals surface area contributed by atoms with E-state index in [0.29, 0.717) is 24.9 Å². The maximum atomic E-state index is 11.2. The molecule has 0 aromatic carbocycles. The zero-order valence-corrected chi connectivity index (χ0v) is 21.0. The van der Waals surface area contributed by atoms with E-state index in [-0.39, 0.29) is 11.9 Å². The van der Waals surface area contributed by atoms with Gasteiger partial charge in [0.2, 0.25) is 0 Å². The largest absolute Gasteiger partial charge is 0.481 e. The number of unbranched alkanes of at least 4 members (excludes halogenated alkanes) is 7. The number of ether oxygens (including phenoxy) is 1. The number of carbonyl (C=O) groups is 2. The molecule has 0 aliphatic heterocycles. The van der Waals surface area contributed by atoms with Crippen LogP contribution < -0.4 is 0 Å². The predicted octanol–water partition coefficient (Wildman–Crippen LogP) is 8.03. The van der Waals surface area contributed by atoms with Crippen LogP contribution in [0.4, 0.5) is 0 Å². The zero-order valence-electron chi connectivity index (χ0n) is 21.0. The Labute approximate surface area is 187 Å². The van der Waals surface area contributed by atoms with E-state index in [2.05, 4.69) is 41.5 Å². The molecule has 0 fully saturated rings. The molecule has 0 bridgehead atoms. The van der Waals surface area contributed by atoms with Crippen molar-refractivity contribution in [1.82, 2.24) is 0 Å². The van der Waals surface area contributed by atoms with Gasteiger partial charge in [-0.2, -0.15) is 0 Å². The minimum Gasteiger partial charge on any atom is -0.481 e. The number of hydrogen-bond acceptors (Lipinski definition) is 3. The van der Waals surface area contributed by atoms with E-state index in [4.69, 9.17) is 9.84 Å². The summed E-state index contributed by atoms with van der Waals surface area (Å²) in [5.74, 6) is 0.494. The lowest BCUT2D eigenvalue weighted by atomic mass is 9.93. The molecule has 0 rings (SSSR count). The number of rotatable bonds is 18. The molecule has 0 saturated carbocycles. The van der Waals surface area contributed by atoms with Crippen LogP contribution in [0.25, 0.3) is 0 Å². The highest BCUT2D eigenvalue weighted by molar-refractivity contribution is 5.69. The molecule has 0 aromatic rings. The first-order valence-electron chi connectivity index (χ1n) is 12.6. The Morgan fingerprint density at radius 2 is 1.23 bits per heavy atom. The van der Waals surface area contributed by atoms with Crippen LogP contribution >= 0.6 is 0 Å². The monoisotopic (exact) mass is 428 g/mol. The van der Waals surface area contributed by atoms with Crippen molar-refractivity contribution < 1.29 is 19.4 Å². The average molecular weight is 429 g/mol. The minimum atomic E-state index is -0.604. The summed E-state index contributed by atoms with van der Waals surface area (Å²) in [5.41, 5.74) is 0. The Balaban J connectivity index is 0. The fourth-order valence-corrected chi connectivity index (χ4v) is 3.10. The van der Waals surface area contributed by atoms with Gasteiger partial charge in [0.1, 0.15) is 0 Å². The summed E-state index contributed by atoms with van der Waals surface area (Å²) in [6.45, 7) is 13.5. The van der Waals surface area contributed by atoms with Crippen molar-refractivity contribution >= 4 is 11.9 Å². The number of aliphatic carboxylic acids is 1. The smallest absolute Gasteiger partial charge is 0.306 e. The van der Waals surface area contributed by atoms with Crippen LogP contribution in [0.1, 0.15) is 131 Å². The van der Waals surface area contributed by atoms with Crippen molar-refractivity contribution in [1.29, 1.82) is 0 Å². The van der Waals surface area contributed by atoms with Gasteiger partial charge < -0.3 is 9.84 Å². The van der Waals surface area contributed by atoms with Crippen LogP contribution in [-0.2, 0) is 14.3 Å². The fourth-order valence-electron chi connectivity index (χ4n) is 3.10. The molecule has 0 aliphatic carbocycles.